The molecule has 0 aromatic carbocycles. The molecule has 0 amide bonds. The molecule has 1 unspecified atom stereocenters. The van der Waals surface area contributed by atoms with Gasteiger partial charge >= 0.3 is 0 Å². The summed E-state index contributed by atoms with van der Waals surface area (Å²) in [6.07, 6.45) is 3.02. The van der Waals surface area contributed by atoms with Crippen molar-refractivity contribution < 1.29 is 5.11 Å². The van der Waals surface area contributed by atoms with Gasteiger partial charge in [-0.05, 0) is 31.0 Å². The minimum atomic E-state index is -0.645. The van der Waals surface area contributed by atoms with Crippen molar-refractivity contribution in [1.29, 1.82) is 0 Å². The third-order valence-electron chi connectivity index (χ3n) is 2.19. The zero-order chi connectivity index (χ0) is 9.90. The van der Waals surface area contributed by atoms with E-state index >= 15 is 0 Å². The van der Waals surface area contributed by atoms with E-state index in [-0.39, 0.29) is 0 Å². The largest absolute Gasteiger partial charge is 0.390 e. The highest BCUT2D eigenvalue weighted by Crippen LogP contribution is 2.16. The summed E-state index contributed by atoms with van der Waals surface area (Å²) in [6.45, 7) is 3.79. The molecule has 72 valence electrons. The molecule has 1 rings (SSSR count). The van der Waals surface area contributed by atoms with Gasteiger partial charge in [-0.15, -0.1) is 0 Å². The first-order valence-corrected chi connectivity index (χ1v) is 4.46. The SMILES string of the molecule is CCC(C)(O)Cc1ccnc(N)c1. The van der Waals surface area contributed by atoms with Crippen molar-refractivity contribution in [1.82, 2.24) is 4.98 Å². The Kier molecular flexibility index (Phi) is 2.88. The van der Waals surface area contributed by atoms with Crippen molar-refractivity contribution >= 4 is 5.82 Å². The molecule has 0 spiro atoms. The lowest BCUT2D eigenvalue weighted by Gasteiger charge is -2.21. The number of anilines is 1. The van der Waals surface area contributed by atoms with Crippen molar-refractivity contribution in [3.63, 3.8) is 0 Å². The first-order chi connectivity index (χ1) is 6.03. The first-order valence-electron chi connectivity index (χ1n) is 4.46. The van der Waals surface area contributed by atoms with Gasteiger partial charge in [0.2, 0.25) is 0 Å². The molecule has 1 atom stereocenters. The predicted octanol–water partition coefficient (Wildman–Crippen LogP) is 1.37. The number of hydrogen-bond acceptors (Lipinski definition) is 3. The van der Waals surface area contributed by atoms with Gasteiger partial charge in [-0.25, -0.2) is 4.98 Å². The molecule has 3 heteroatoms. The van der Waals surface area contributed by atoms with E-state index in [2.05, 4.69) is 4.98 Å². The standard InChI is InChI=1S/C10H16N2O/c1-3-10(2,13)7-8-4-5-12-9(11)6-8/h4-6,13H,3,7H2,1-2H3,(H2,11,12). The monoisotopic (exact) mass is 180 g/mol. The second-order valence-electron chi connectivity index (χ2n) is 3.62. The zero-order valence-corrected chi connectivity index (χ0v) is 8.12. The lowest BCUT2D eigenvalue weighted by Crippen LogP contribution is -2.25. The van der Waals surface area contributed by atoms with Crippen LogP contribution >= 0.6 is 0 Å². The van der Waals surface area contributed by atoms with Crippen LogP contribution in [0.25, 0.3) is 0 Å². The normalized spacial score (nSPS) is 15.3. The molecule has 3 nitrogen and oxygen atoms in total. The molecule has 0 fully saturated rings. The topological polar surface area (TPSA) is 59.1 Å². The molecule has 13 heavy (non-hydrogen) atoms. The molecule has 0 saturated heterocycles. The molecule has 1 aromatic rings. The molecule has 0 aliphatic rings. The van der Waals surface area contributed by atoms with Gasteiger partial charge in [-0.2, -0.15) is 0 Å². The zero-order valence-electron chi connectivity index (χ0n) is 8.12. The van der Waals surface area contributed by atoms with Gasteiger partial charge in [0.25, 0.3) is 0 Å². The van der Waals surface area contributed by atoms with Crippen LogP contribution in [0.2, 0.25) is 0 Å². The molecule has 1 aromatic heterocycles. The maximum Gasteiger partial charge on any atom is 0.123 e. The molecule has 1 heterocycles. The van der Waals surface area contributed by atoms with Crippen LogP contribution in [0.15, 0.2) is 18.3 Å². The lowest BCUT2D eigenvalue weighted by atomic mass is 9.95. The van der Waals surface area contributed by atoms with Gasteiger partial charge in [0.1, 0.15) is 5.82 Å². The smallest absolute Gasteiger partial charge is 0.123 e. The first kappa shape index (κ1) is 9.99. The number of nitrogen functional groups attached to an aromatic ring is 1. The summed E-state index contributed by atoms with van der Waals surface area (Å²) in [5.74, 6) is 0.504. The van der Waals surface area contributed by atoms with E-state index in [1.165, 1.54) is 0 Å². The highest BCUT2D eigenvalue weighted by Gasteiger charge is 2.17. The number of pyridine rings is 1. The van der Waals surface area contributed by atoms with Gasteiger partial charge < -0.3 is 10.8 Å². The summed E-state index contributed by atoms with van der Waals surface area (Å²) >= 11 is 0. The number of hydrogen-bond donors (Lipinski definition) is 2. The third-order valence-corrected chi connectivity index (χ3v) is 2.19. The van der Waals surface area contributed by atoms with Crippen molar-refractivity contribution in [3.8, 4) is 0 Å². The van der Waals surface area contributed by atoms with E-state index in [4.69, 9.17) is 5.73 Å². The van der Waals surface area contributed by atoms with E-state index in [1.807, 2.05) is 19.9 Å². The predicted molar refractivity (Wildman–Crippen MR) is 53.3 cm³/mol. The summed E-state index contributed by atoms with van der Waals surface area (Å²) in [4.78, 5) is 3.89. The molecule has 0 aliphatic carbocycles. The molecule has 3 N–H and O–H groups in total. The fraction of sp³-hybridized carbons (Fsp3) is 0.500. The highest BCUT2D eigenvalue weighted by atomic mass is 16.3. The number of rotatable bonds is 3. The summed E-state index contributed by atoms with van der Waals surface area (Å²) in [7, 11) is 0. The minimum Gasteiger partial charge on any atom is -0.390 e. The Labute approximate surface area is 78.6 Å². The Morgan fingerprint density at radius 1 is 1.62 bits per heavy atom. The summed E-state index contributed by atoms with van der Waals surface area (Å²) < 4.78 is 0. The lowest BCUT2D eigenvalue weighted by molar-refractivity contribution is 0.0564. The van der Waals surface area contributed by atoms with Crippen LogP contribution in [-0.4, -0.2) is 15.7 Å². The number of aliphatic hydroxyl groups is 1. The van der Waals surface area contributed by atoms with E-state index in [9.17, 15) is 5.11 Å². The van der Waals surface area contributed by atoms with Gasteiger partial charge in [0.05, 0.1) is 5.60 Å². The van der Waals surface area contributed by atoms with Gasteiger partial charge in [-0.3, -0.25) is 0 Å². The van der Waals surface area contributed by atoms with Crippen LogP contribution < -0.4 is 5.73 Å². The quantitative estimate of drug-likeness (QED) is 0.738. The average Bonchev–Trinajstić information content (AvgIpc) is 2.03. The van der Waals surface area contributed by atoms with Crippen LogP contribution in [-0.2, 0) is 6.42 Å². The van der Waals surface area contributed by atoms with Crippen LogP contribution in [0.3, 0.4) is 0 Å². The Bertz CT molecular complexity index is 284. The van der Waals surface area contributed by atoms with Crippen LogP contribution in [0.4, 0.5) is 5.82 Å². The number of aromatic nitrogens is 1. The third kappa shape index (κ3) is 3.03. The minimum absolute atomic E-state index is 0.504. The van der Waals surface area contributed by atoms with E-state index in [1.54, 1.807) is 12.3 Å². The van der Waals surface area contributed by atoms with Crippen LogP contribution in [0, 0.1) is 0 Å². The molecule has 0 radical (unpaired) electrons. The number of nitrogens with two attached hydrogens (primary N) is 1. The van der Waals surface area contributed by atoms with Crippen molar-refractivity contribution in [3.05, 3.63) is 23.9 Å². The highest BCUT2D eigenvalue weighted by molar-refractivity contribution is 5.32. The van der Waals surface area contributed by atoms with Crippen LogP contribution in [0.1, 0.15) is 25.8 Å². The summed E-state index contributed by atoms with van der Waals surface area (Å²) in [5.41, 5.74) is 5.91. The fourth-order valence-corrected chi connectivity index (χ4v) is 1.17. The Morgan fingerprint density at radius 3 is 2.85 bits per heavy atom. The van der Waals surface area contributed by atoms with Gasteiger partial charge in [0.15, 0.2) is 0 Å². The van der Waals surface area contributed by atoms with E-state index < -0.39 is 5.60 Å². The number of nitrogens with zero attached hydrogens (tertiary/aromatic N) is 1. The van der Waals surface area contributed by atoms with Crippen molar-refractivity contribution in [2.75, 3.05) is 5.73 Å². The molecule has 0 bridgehead atoms. The second kappa shape index (κ2) is 3.75. The maximum absolute atomic E-state index is 9.81. The van der Waals surface area contributed by atoms with Crippen molar-refractivity contribution in [2.45, 2.75) is 32.3 Å². The molecular formula is C10H16N2O. The Balaban J connectivity index is 2.74. The van der Waals surface area contributed by atoms with Gasteiger partial charge in [-0.1, -0.05) is 6.92 Å². The summed E-state index contributed by atoms with van der Waals surface area (Å²) in [6, 6.07) is 3.67. The average molecular weight is 180 g/mol. The fourth-order valence-electron chi connectivity index (χ4n) is 1.17. The van der Waals surface area contributed by atoms with E-state index in [0.29, 0.717) is 12.2 Å². The Morgan fingerprint density at radius 2 is 2.31 bits per heavy atom. The molecule has 0 aliphatic heterocycles. The van der Waals surface area contributed by atoms with E-state index in [0.717, 1.165) is 12.0 Å². The summed E-state index contributed by atoms with van der Waals surface area (Å²) in [5, 5.41) is 9.81. The molecular weight excluding hydrogens is 164 g/mol. The Hall–Kier alpha value is -1.09. The van der Waals surface area contributed by atoms with Gasteiger partial charge in [0, 0.05) is 12.6 Å². The molecule has 0 saturated carbocycles. The van der Waals surface area contributed by atoms with Crippen molar-refractivity contribution in [2.24, 2.45) is 0 Å². The maximum atomic E-state index is 9.81. The second-order valence-corrected chi connectivity index (χ2v) is 3.62. The van der Waals surface area contributed by atoms with Crippen LogP contribution in [0.5, 0.6) is 0 Å².